The van der Waals surface area contributed by atoms with E-state index in [4.69, 9.17) is 45.3 Å². The topological polar surface area (TPSA) is 87.7 Å². The van der Waals surface area contributed by atoms with Gasteiger partial charge >= 0.3 is 5.97 Å². The van der Waals surface area contributed by atoms with Gasteiger partial charge in [0.05, 0.1) is 23.3 Å². The zero-order chi connectivity index (χ0) is 18.6. The molecule has 0 saturated carbocycles. The van der Waals surface area contributed by atoms with E-state index in [-0.39, 0.29) is 21.3 Å². The number of carbonyl (C=O) groups excluding carboxylic acids is 1. The third-order valence-electron chi connectivity index (χ3n) is 3.09. The number of aromatic carboxylic acids is 1. The molecule has 1 amide bonds. The Morgan fingerprint density at radius 2 is 1.84 bits per heavy atom. The molecule has 0 aromatic heterocycles. The first-order valence-corrected chi connectivity index (χ1v) is 7.97. The van der Waals surface area contributed by atoms with Gasteiger partial charge in [-0.05, 0) is 48.6 Å². The van der Waals surface area contributed by atoms with Crippen LogP contribution in [0.5, 0.6) is 5.75 Å². The second-order valence-electron chi connectivity index (χ2n) is 4.75. The Morgan fingerprint density at radius 3 is 2.48 bits per heavy atom. The number of amides is 1. The van der Waals surface area contributed by atoms with Gasteiger partial charge in [-0.15, -0.1) is 0 Å². The minimum atomic E-state index is -1.17. The first-order chi connectivity index (χ1) is 11.8. The molecular formula is C16H12Cl2N2O4S. The van der Waals surface area contributed by atoms with Crippen molar-refractivity contribution in [2.45, 2.75) is 0 Å². The minimum Gasteiger partial charge on any atom is -0.496 e. The summed E-state index contributed by atoms with van der Waals surface area (Å²) in [6.45, 7) is 0. The van der Waals surface area contributed by atoms with Crippen LogP contribution in [0.4, 0.5) is 5.69 Å². The summed E-state index contributed by atoms with van der Waals surface area (Å²) in [5, 5.41) is 14.7. The molecule has 0 aliphatic heterocycles. The van der Waals surface area contributed by atoms with Crippen molar-refractivity contribution in [3.8, 4) is 5.75 Å². The number of benzene rings is 2. The highest BCUT2D eigenvalue weighted by Crippen LogP contribution is 2.23. The number of thiocarbonyl (C=S) groups is 1. The molecule has 0 aliphatic rings. The number of hydrogen-bond donors (Lipinski definition) is 3. The molecule has 0 bridgehead atoms. The van der Waals surface area contributed by atoms with Crippen LogP contribution in [0.15, 0.2) is 36.4 Å². The fraction of sp³-hybridized carbons (Fsp3) is 0.0625. The molecular weight excluding hydrogens is 387 g/mol. The Labute approximate surface area is 158 Å². The third kappa shape index (κ3) is 4.82. The largest absolute Gasteiger partial charge is 0.496 e. The molecule has 0 radical (unpaired) electrons. The van der Waals surface area contributed by atoms with Gasteiger partial charge in [0.15, 0.2) is 5.11 Å². The summed E-state index contributed by atoms with van der Waals surface area (Å²) in [5.74, 6) is -1.36. The Kier molecular flexibility index (Phi) is 6.19. The fourth-order valence-electron chi connectivity index (χ4n) is 1.96. The molecule has 25 heavy (non-hydrogen) atoms. The Morgan fingerprint density at radius 1 is 1.12 bits per heavy atom. The lowest BCUT2D eigenvalue weighted by atomic mass is 10.2. The summed E-state index contributed by atoms with van der Waals surface area (Å²) in [4.78, 5) is 23.4. The first kappa shape index (κ1) is 19.0. The van der Waals surface area contributed by atoms with Crippen molar-refractivity contribution < 1.29 is 19.4 Å². The van der Waals surface area contributed by atoms with Crippen LogP contribution < -0.4 is 15.4 Å². The molecule has 0 atom stereocenters. The van der Waals surface area contributed by atoms with E-state index in [0.29, 0.717) is 16.5 Å². The van der Waals surface area contributed by atoms with Crippen molar-refractivity contribution >= 4 is 58.1 Å². The number of carboxylic acid groups (broad SMARTS) is 1. The molecule has 130 valence electrons. The van der Waals surface area contributed by atoms with E-state index < -0.39 is 11.9 Å². The highest BCUT2D eigenvalue weighted by molar-refractivity contribution is 7.80. The van der Waals surface area contributed by atoms with E-state index in [0.717, 1.165) is 0 Å². The Balaban J connectivity index is 2.13. The molecule has 2 aromatic rings. The van der Waals surface area contributed by atoms with Crippen LogP contribution in [0.25, 0.3) is 0 Å². The molecule has 0 heterocycles. The lowest BCUT2D eigenvalue weighted by molar-refractivity contribution is 0.0697. The standard InChI is InChI=1S/C16H12Cl2N2O4S/c1-24-13-5-2-8(17)6-11(13)14(21)20-16(25)19-9-3-4-12(18)10(7-9)15(22)23/h2-7H,1H3,(H,22,23)(H2,19,20,21,25). The van der Waals surface area contributed by atoms with Crippen molar-refractivity contribution in [2.75, 3.05) is 12.4 Å². The molecule has 0 fully saturated rings. The monoisotopic (exact) mass is 398 g/mol. The predicted molar refractivity (Wildman–Crippen MR) is 100 cm³/mol. The van der Waals surface area contributed by atoms with Gasteiger partial charge in [-0.1, -0.05) is 23.2 Å². The summed E-state index contributed by atoms with van der Waals surface area (Å²) in [6, 6.07) is 8.86. The number of methoxy groups -OCH3 is 1. The van der Waals surface area contributed by atoms with E-state index in [9.17, 15) is 9.59 Å². The SMILES string of the molecule is COc1ccc(Cl)cc1C(=O)NC(=S)Nc1ccc(Cl)c(C(=O)O)c1. The van der Waals surface area contributed by atoms with Gasteiger partial charge in [0.25, 0.3) is 5.91 Å². The number of ether oxygens (including phenoxy) is 1. The summed E-state index contributed by atoms with van der Waals surface area (Å²) in [5.41, 5.74) is 0.490. The van der Waals surface area contributed by atoms with E-state index in [1.54, 1.807) is 12.1 Å². The molecule has 6 nitrogen and oxygen atoms in total. The Bertz CT molecular complexity index is 858. The van der Waals surface area contributed by atoms with Crippen LogP contribution in [0, 0.1) is 0 Å². The van der Waals surface area contributed by atoms with Gasteiger partial charge < -0.3 is 15.2 Å². The highest BCUT2D eigenvalue weighted by atomic mass is 35.5. The number of anilines is 1. The number of carboxylic acids is 1. The van der Waals surface area contributed by atoms with Crippen molar-refractivity contribution in [2.24, 2.45) is 0 Å². The number of hydrogen-bond acceptors (Lipinski definition) is 4. The number of nitrogens with one attached hydrogen (secondary N) is 2. The quantitative estimate of drug-likeness (QED) is 0.678. The maximum absolute atomic E-state index is 12.3. The van der Waals surface area contributed by atoms with Crippen molar-refractivity contribution in [1.29, 1.82) is 0 Å². The molecule has 3 N–H and O–H groups in total. The fourth-order valence-corrected chi connectivity index (χ4v) is 2.54. The highest BCUT2D eigenvalue weighted by Gasteiger charge is 2.15. The number of rotatable bonds is 4. The van der Waals surface area contributed by atoms with Crippen LogP contribution in [0.3, 0.4) is 0 Å². The molecule has 2 aromatic carbocycles. The number of carbonyl (C=O) groups is 2. The summed E-state index contributed by atoms with van der Waals surface area (Å²) in [7, 11) is 1.43. The average Bonchev–Trinajstić information content (AvgIpc) is 2.56. The second kappa shape index (κ2) is 8.15. The van der Waals surface area contributed by atoms with Crippen molar-refractivity contribution in [1.82, 2.24) is 5.32 Å². The number of halogens is 2. The smallest absolute Gasteiger partial charge is 0.337 e. The summed E-state index contributed by atoms with van der Waals surface area (Å²) in [6.07, 6.45) is 0. The van der Waals surface area contributed by atoms with E-state index in [1.165, 1.54) is 31.4 Å². The van der Waals surface area contributed by atoms with Gasteiger partial charge in [0.2, 0.25) is 0 Å². The average molecular weight is 399 g/mol. The molecule has 2 rings (SSSR count). The van der Waals surface area contributed by atoms with Crippen molar-refractivity contribution in [3.05, 3.63) is 57.6 Å². The minimum absolute atomic E-state index is 0.0225. The zero-order valence-corrected chi connectivity index (χ0v) is 15.1. The zero-order valence-electron chi connectivity index (χ0n) is 12.8. The molecule has 0 saturated heterocycles. The van der Waals surface area contributed by atoms with Crippen LogP contribution in [-0.4, -0.2) is 29.2 Å². The molecule has 0 unspecified atom stereocenters. The van der Waals surface area contributed by atoms with Crippen LogP contribution in [0.2, 0.25) is 10.0 Å². The molecule has 0 aliphatic carbocycles. The third-order valence-corrected chi connectivity index (χ3v) is 3.86. The van der Waals surface area contributed by atoms with Gasteiger partial charge in [0, 0.05) is 10.7 Å². The lowest BCUT2D eigenvalue weighted by Gasteiger charge is -2.12. The normalized spacial score (nSPS) is 10.0. The first-order valence-electron chi connectivity index (χ1n) is 6.80. The molecule has 9 heteroatoms. The lowest BCUT2D eigenvalue weighted by Crippen LogP contribution is -2.34. The predicted octanol–water partition coefficient (Wildman–Crippen LogP) is 3.83. The van der Waals surface area contributed by atoms with Gasteiger partial charge in [0.1, 0.15) is 5.75 Å². The second-order valence-corrected chi connectivity index (χ2v) is 6.00. The Hall–Kier alpha value is -2.35. The van der Waals surface area contributed by atoms with Gasteiger partial charge in [-0.2, -0.15) is 0 Å². The van der Waals surface area contributed by atoms with Crippen molar-refractivity contribution in [3.63, 3.8) is 0 Å². The maximum Gasteiger partial charge on any atom is 0.337 e. The van der Waals surface area contributed by atoms with E-state index >= 15 is 0 Å². The van der Waals surface area contributed by atoms with Gasteiger partial charge in [-0.25, -0.2) is 4.79 Å². The van der Waals surface area contributed by atoms with E-state index in [1.807, 2.05) is 0 Å². The summed E-state index contributed by atoms with van der Waals surface area (Å²) >= 11 is 16.8. The van der Waals surface area contributed by atoms with E-state index in [2.05, 4.69) is 10.6 Å². The maximum atomic E-state index is 12.3. The van der Waals surface area contributed by atoms with Gasteiger partial charge in [-0.3, -0.25) is 10.1 Å². The van der Waals surface area contributed by atoms with Crippen LogP contribution >= 0.6 is 35.4 Å². The molecule has 0 spiro atoms. The van der Waals surface area contributed by atoms with Crippen LogP contribution in [-0.2, 0) is 0 Å². The summed E-state index contributed by atoms with van der Waals surface area (Å²) < 4.78 is 5.11. The van der Waals surface area contributed by atoms with Crippen LogP contribution in [0.1, 0.15) is 20.7 Å².